The predicted octanol–water partition coefficient (Wildman–Crippen LogP) is 1.71. The molecule has 0 radical (unpaired) electrons. The summed E-state index contributed by atoms with van der Waals surface area (Å²) < 4.78 is 0. The molecule has 0 bridgehead atoms. The van der Waals surface area contributed by atoms with Gasteiger partial charge in [0.1, 0.15) is 6.29 Å². The number of nitrogens with one attached hydrogen (secondary N) is 1. The molecule has 1 aromatic heterocycles. The summed E-state index contributed by atoms with van der Waals surface area (Å²) in [6.45, 7) is 2.04. The lowest BCUT2D eigenvalue weighted by molar-refractivity contribution is -0.108. The third kappa shape index (κ3) is 1.47. The summed E-state index contributed by atoms with van der Waals surface area (Å²) in [5.41, 5.74) is 1.20. The van der Waals surface area contributed by atoms with Gasteiger partial charge in [-0.25, -0.2) is 0 Å². The van der Waals surface area contributed by atoms with Gasteiger partial charge in [-0.15, -0.1) is 0 Å². The Morgan fingerprint density at radius 2 is 2.60 bits per heavy atom. The molecule has 1 atom stereocenters. The van der Waals surface area contributed by atoms with E-state index >= 15 is 0 Å². The number of hydrogen-bond acceptors (Lipinski definition) is 1. The minimum atomic E-state index is 0.351. The third-order valence-electron chi connectivity index (χ3n) is 1.64. The van der Waals surface area contributed by atoms with Crippen LogP contribution < -0.4 is 0 Å². The maximum Gasteiger partial charge on any atom is 0.120 e. The van der Waals surface area contributed by atoms with Gasteiger partial charge in [0, 0.05) is 18.8 Å². The molecule has 1 N–H and O–H groups in total. The molecule has 0 fully saturated rings. The van der Waals surface area contributed by atoms with Crippen molar-refractivity contribution >= 4 is 6.29 Å². The van der Waals surface area contributed by atoms with Gasteiger partial charge in [-0.2, -0.15) is 0 Å². The number of hydrogen-bond donors (Lipinski definition) is 1. The Hall–Kier alpha value is -1.05. The molecule has 1 unspecified atom stereocenters. The number of carbonyl (C=O) groups is 1. The van der Waals surface area contributed by atoms with Crippen LogP contribution in [0.3, 0.4) is 0 Å². The van der Waals surface area contributed by atoms with E-state index in [4.69, 9.17) is 0 Å². The van der Waals surface area contributed by atoms with E-state index in [9.17, 15) is 4.79 Å². The molecular weight excluding hydrogens is 126 g/mol. The number of aromatic nitrogens is 1. The highest BCUT2D eigenvalue weighted by molar-refractivity contribution is 5.51. The van der Waals surface area contributed by atoms with E-state index in [1.54, 1.807) is 0 Å². The second-order valence-electron chi connectivity index (χ2n) is 2.45. The lowest BCUT2D eigenvalue weighted by Crippen LogP contribution is -1.90. The Kier molecular flexibility index (Phi) is 2.26. The fraction of sp³-hybridized carbons (Fsp3) is 0.375. The molecule has 2 nitrogen and oxygen atoms in total. The maximum atomic E-state index is 10.1. The van der Waals surface area contributed by atoms with Crippen LogP contribution in [-0.4, -0.2) is 11.3 Å². The Morgan fingerprint density at radius 3 is 3.10 bits per heavy atom. The van der Waals surface area contributed by atoms with Crippen molar-refractivity contribution in [2.75, 3.05) is 0 Å². The topological polar surface area (TPSA) is 32.9 Å². The maximum absolute atomic E-state index is 10.1. The zero-order valence-corrected chi connectivity index (χ0v) is 6.00. The number of aromatic amines is 1. The first kappa shape index (κ1) is 7.06. The summed E-state index contributed by atoms with van der Waals surface area (Å²) in [5.74, 6) is 0.351. The molecule has 1 aromatic rings. The van der Waals surface area contributed by atoms with Crippen LogP contribution in [0.25, 0.3) is 0 Å². The second-order valence-corrected chi connectivity index (χ2v) is 2.45. The molecule has 54 valence electrons. The van der Waals surface area contributed by atoms with Crippen molar-refractivity contribution in [3.8, 4) is 0 Å². The number of aldehydes is 1. The summed E-state index contributed by atoms with van der Waals surface area (Å²) in [6, 6.07) is 1.99. The molecule has 1 rings (SSSR count). The Labute approximate surface area is 60.3 Å². The van der Waals surface area contributed by atoms with E-state index < -0.39 is 0 Å². The number of carbonyl (C=O) groups excluding carboxylic acids is 1. The van der Waals surface area contributed by atoms with Crippen LogP contribution in [0.2, 0.25) is 0 Å². The first-order chi connectivity index (χ1) is 4.84. The normalized spacial score (nSPS) is 12.9. The van der Waals surface area contributed by atoms with E-state index in [-0.39, 0.29) is 0 Å². The summed E-state index contributed by atoms with van der Waals surface area (Å²) in [5, 5.41) is 0. The van der Waals surface area contributed by atoms with Crippen molar-refractivity contribution in [2.45, 2.75) is 19.3 Å². The molecule has 1 heterocycles. The number of H-pyrrole nitrogens is 1. The van der Waals surface area contributed by atoms with Gasteiger partial charge in [0.15, 0.2) is 0 Å². The average molecular weight is 137 g/mol. The fourth-order valence-corrected chi connectivity index (χ4v) is 0.924. The lowest BCUT2D eigenvalue weighted by atomic mass is 10.0. The van der Waals surface area contributed by atoms with E-state index in [0.29, 0.717) is 12.3 Å². The van der Waals surface area contributed by atoms with E-state index in [0.717, 1.165) is 6.29 Å². The standard InChI is InChI=1S/C8H11NO/c1-7(3-5-10)8-2-4-9-6-8/h2,4-7,9H,3H2,1H3. The van der Waals surface area contributed by atoms with Crippen LogP contribution >= 0.6 is 0 Å². The predicted molar refractivity (Wildman–Crippen MR) is 39.9 cm³/mol. The van der Waals surface area contributed by atoms with Gasteiger partial charge in [-0.1, -0.05) is 6.92 Å². The smallest absolute Gasteiger partial charge is 0.120 e. The van der Waals surface area contributed by atoms with Crippen molar-refractivity contribution in [3.05, 3.63) is 24.0 Å². The van der Waals surface area contributed by atoms with Crippen LogP contribution in [0.4, 0.5) is 0 Å². The van der Waals surface area contributed by atoms with Crippen LogP contribution in [-0.2, 0) is 4.79 Å². The molecule has 0 aliphatic rings. The molecule has 0 spiro atoms. The summed E-state index contributed by atoms with van der Waals surface area (Å²) in [7, 11) is 0. The molecule has 10 heavy (non-hydrogen) atoms. The highest BCUT2D eigenvalue weighted by atomic mass is 16.1. The van der Waals surface area contributed by atoms with Crippen molar-refractivity contribution < 1.29 is 4.79 Å². The minimum Gasteiger partial charge on any atom is -0.367 e. The van der Waals surface area contributed by atoms with Crippen molar-refractivity contribution in [3.63, 3.8) is 0 Å². The van der Waals surface area contributed by atoms with Crippen LogP contribution in [0.1, 0.15) is 24.8 Å². The lowest BCUT2D eigenvalue weighted by Gasteiger charge is -2.01. The zero-order valence-electron chi connectivity index (χ0n) is 6.00. The molecule has 2 heteroatoms. The van der Waals surface area contributed by atoms with Gasteiger partial charge < -0.3 is 9.78 Å². The average Bonchev–Trinajstić information content (AvgIpc) is 2.38. The van der Waals surface area contributed by atoms with Crippen molar-refractivity contribution in [2.24, 2.45) is 0 Å². The van der Waals surface area contributed by atoms with Gasteiger partial charge >= 0.3 is 0 Å². The van der Waals surface area contributed by atoms with Gasteiger partial charge in [0.25, 0.3) is 0 Å². The fourth-order valence-electron chi connectivity index (χ4n) is 0.924. The molecule has 0 saturated carbocycles. The largest absolute Gasteiger partial charge is 0.367 e. The zero-order chi connectivity index (χ0) is 7.40. The highest BCUT2D eigenvalue weighted by Gasteiger charge is 2.02. The van der Waals surface area contributed by atoms with Gasteiger partial charge in [0.05, 0.1) is 0 Å². The highest BCUT2D eigenvalue weighted by Crippen LogP contribution is 2.15. The quantitative estimate of drug-likeness (QED) is 0.632. The van der Waals surface area contributed by atoms with E-state index in [1.165, 1.54) is 5.56 Å². The summed E-state index contributed by atoms with van der Waals surface area (Å²) in [4.78, 5) is 13.1. The third-order valence-corrected chi connectivity index (χ3v) is 1.64. The molecule has 0 aliphatic carbocycles. The molecule has 0 saturated heterocycles. The Balaban J connectivity index is 2.58. The Bertz CT molecular complexity index is 191. The van der Waals surface area contributed by atoms with Crippen molar-refractivity contribution in [1.29, 1.82) is 0 Å². The van der Waals surface area contributed by atoms with E-state index in [1.807, 2.05) is 25.4 Å². The second kappa shape index (κ2) is 3.20. The minimum absolute atomic E-state index is 0.351. The monoisotopic (exact) mass is 137 g/mol. The molecular formula is C8H11NO. The SMILES string of the molecule is CC(CC=O)c1cc[nH]c1. The molecule has 0 amide bonds. The first-order valence-electron chi connectivity index (χ1n) is 3.41. The van der Waals surface area contributed by atoms with Crippen LogP contribution in [0, 0.1) is 0 Å². The Morgan fingerprint density at radius 1 is 1.80 bits per heavy atom. The van der Waals surface area contributed by atoms with Gasteiger partial charge in [-0.3, -0.25) is 0 Å². The van der Waals surface area contributed by atoms with E-state index in [2.05, 4.69) is 4.98 Å². The van der Waals surface area contributed by atoms with Crippen molar-refractivity contribution in [1.82, 2.24) is 4.98 Å². The van der Waals surface area contributed by atoms with Gasteiger partial charge in [-0.05, 0) is 17.5 Å². The van der Waals surface area contributed by atoms with Gasteiger partial charge in [0.2, 0.25) is 0 Å². The molecule has 0 aromatic carbocycles. The summed E-state index contributed by atoms with van der Waals surface area (Å²) >= 11 is 0. The molecule has 0 aliphatic heterocycles. The summed E-state index contributed by atoms with van der Waals surface area (Å²) in [6.07, 6.45) is 5.36. The first-order valence-corrected chi connectivity index (χ1v) is 3.41. The van der Waals surface area contributed by atoms with Crippen LogP contribution in [0.15, 0.2) is 18.5 Å². The van der Waals surface area contributed by atoms with Crippen LogP contribution in [0.5, 0.6) is 0 Å². The number of rotatable bonds is 3.